The van der Waals surface area contributed by atoms with E-state index in [9.17, 15) is 19.9 Å². The summed E-state index contributed by atoms with van der Waals surface area (Å²) < 4.78 is 10.7. The topological polar surface area (TPSA) is 121 Å². The molecular formula is C8H18NO6P. The molecule has 1 saturated heterocycles. The highest BCUT2D eigenvalue weighted by atomic mass is 31.2. The van der Waals surface area contributed by atoms with Crippen LogP contribution in [0.3, 0.4) is 0 Å². The molecule has 4 atom stereocenters. The smallest absolute Gasteiger partial charge is 0.326 e. The van der Waals surface area contributed by atoms with Crippen LogP contribution in [-0.4, -0.2) is 73.6 Å². The Hall–Kier alpha value is -0.0100. The van der Waals surface area contributed by atoms with Crippen molar-refractivity contribution < 1.29 is 29.7 Å². The van der Waals surface area contributed by atoms with Crippen LogP contribution in [0.5, 0.6) is 0 Å². The first-order chi connectivity index (χ1) is 7.22. The SMILES string of the molecule is CC1C(O)C(O)C(O)CN1CCP(=O)(O)O. The number of aliphatic hydroxyl groups is 3. The number of nitrogens with zero attached hydrogens (tertiary/aromatic N) is 1. The van der Waals surface area contributed by atoms with Gasteiger partial charge in [-0.3, -0.25) is 9.46 Å². The first kappa shape index (κ1) is 14.1. The highest BCUT2D eigenvalue weighted by molar-refractivity contribution is 7.51. The predicted molar refractivity (Wildman–Crippen MR) is 56.0 cm³/mol. The number of aliphatic hydroxyl groups excluding tert-OH is 3. The maximum atomic E-state index is 10.7. The fraction of sp³-hybridized carbons (Fsp3) is 1.00. The molecule has 8 heteroatoms. The molecule has 0 aromatic carbocycles. The molecule has 0 aromatic heterocycles. The van der Waals surface area contributed by atoms with Crippen molar-refractivity contribution in [3.63, 3.8) is 0 Å². The Morgan fingerprint density at radius 3 is 2.31 bits per heavy atom. The maximum Gasteiger partial charge on any atom is 0.326 e. The van der Waals surface area contributed by atoms with Crippen LogP contribution in [0.1, 0.15) is 6.92 Å². The molecule has 1 rings (SSSR count). The normalized spacial score (nSPS) is 37.6. The molecule has 0 aliphatic carbocycles. The summed E-state index contributed by atoms with van der Waals surface area (Å²) in [6.07, 6.45) is -3.74. The monoisotopic (exact) mass is 255 g/mol. The number of likely N-dealkylation sites (tertiary alicyclic amines) is 1. The summed E-state index contributed by atoms with van der Waals surface area (Å²) in [5.41, 5.74) is 0. The van der Waals surface area contributed by atoms with Crippen LogP contribution in [0.15, 0.2) is 0 Å². The van der Waals surface area contributed by atoms with Crippen LogP contribution < -0.4 is 0 Å². The molecule has 1 aliphatic heterocycles. The third kappa shape index (κ3) is 3.49. The molecule has 0 aromatic rings. The first-order valence-electron chi connectivity index (χ1n) is 5.05. The number of piperidine rings is 1. The third-order valence-electron chi connectivity index (χ3n) is 2.91. The van der Waals surface area contributed by atoms with E-state index in [4.69, 9.17) is 9.79 Å². The summed E-state index contributed by atoms with van der Waals surface area (Å²) >= 11 is 0. The van der Waals surface area contributed by atoms with Crippen LogP contribution >= 0.6 is 7.60 Å². The lowest BCUT2D eigenvalue weighted by molar-refractivity contribution is -0.131. The van der Waals surface area contributed by atoms with E-state index in [0.717, 1.165) is 0 Å². The van der Waals surface area contributed by atoms with E-state index in [1.807, 2.05) is 0 Å². The molecule has 16 heavy (non-hydrogen) atoms. The Labute approximate surface area is 93.5 Å². The van der Waals surface area contributed by atoms with Crippen LogP contribution in [0.4, 0.5) is 0 Å². The quantitative estimate of drug-likeness (QED) is 0.368. The summed E-state index contributed by atoms with van der Waals surface area (Å²) in [4.78, 5) is 19.0. The van der Waals surface area contributed by atoms with Gasteiger partial charge in [0, 0.05) is 19.1 Å². The van der Waals surface area contributed by atoms with Gasteiger partial charge < -0.3 is 25.1 Å². The second kappa shape index (κ2) is 5.10. The molecule has 0 saturated carbocycles. The Morgan fingerprint density at radius 2 is 1.81 bits per heavy atom. The molecule has 1 heterocycles. The van der Waals surface area contributed by atoms with Crippen LogP contribution in [0, 0.1) is 0 Å². The van der Waals surface area contributed by atoms with Crippen LogP contribution in [0.25, 0.3) is 0 Å². The van der Waals surface area contributed by atoms with Crippen molar-refractivity contribution in [1.29, 1.82) is 0 Å². The molecule has 0 bridgehead atoms. The number of β-amino-alcohol motifs (C(OH)–C–C–N with tert-alkyl or cyclic N) is 1. The van der Waals surface area contributed by atoms with Gasteiger partial charge in [0.2, 0.25) is 0 Å². The van der Waals surface area contributed by atoms with Gasteiger partial charge in [0.15, 0.2) is 0 Å². The number of hydrogen-bond acceptors (Lipinski definition) is 5. The average molecular weight is 255 g/mol. The number of rotatable bonds is 3. The van der Waals surface area contributed by atoms with E-state index in [-0.39, 0.29) is 19.3 Å². The summed E-state index contributed by atoms with van der Waals surface area (Å²) in [6, 6.07) is -0.440. The zero-order chi connectivity index (χ0) is 12.5. The van der Waals surface area contributed by atoms with Gasteiger partial charge in [-0.1, -0.05) is 0 Å². The second-order valence-electron chi connectivity index (χ2n) is 4.17. The minimum absolute atomic E-state index is 0.0757. The van der Waals surface area contributed by atoms with E-state index in [0.29, 0.717) is 0 Å². The molecule has 0 radical (unpaired) electrons. The van der Waals surface area contributed by atoms with Crippen LogP contribution in [-0.2, 0) is 4.57 Å². The van der Waals surface area contributed by atoms with Gasteiger partial charge in [0.1, 0.15) is 6.10 Å². The van der Waals surface area contributed by atoms with Crippen molar-refractivity contribution in [3.8, 4) is 0 Å². The lowest BCUT2D eigenvalue weighted by atomic mass is 9.95. The van der Waals surface area contributed by atoms with Gasteiger partial charge in [-0.05, 0) is 6.92 Å². The van der Waals surface area contributed by atoms with Gasteiger partial charge in [0.25, 0.3) is 0 Å². The minimum Gasteiger partial charge on any atom is -0.389 e. The Kier molecular flexibility index (Phi) is 4.48. The molecule has 4 unspecified atom stereocenters. The third-order valence-corrected chi connectivity index (χ3v) is 3.70. The van der Waals surface area contributed by atoms with E-state index >= 15 is 0 Å². The van der Waals surface area contributed by atoms with E-state index in [1.165, 1.54) is 0 Å². The summed E-state index contributed by atoms with van der Waals surface area (Å²) in [5.74, 6) is 0. The van der Waals surface area contributed by atoms with E-state index < -0.39 is 31.9 Å². The second-order valence-corrected chi connectivity index (χ2v) is 5.95. The van der Waals surface area contributed by atoms with Crippen molar-refractivity contribution in [2.24, 2.45) is 0 Å². The largest absolute Gasteiger partial charge is 0.389 e. The average Bonchev–Trinajstić information content (AvgIpc) is 2.17. The summed E-state index contributed by atoms with van der Waals surface area (Å²) in [5, 5.41) is 28.4. The van der Waals surface area contributed by atoms with Crippen molar-refractivity contribution in [3.05, 3.63) is 0 Å². The first-order valence-corrected chi connectivity index (χ1v) is 6.85. The summed E-state index contributed by atoms with van der Waals surface area (Å²) in [7, 11) is -4.08. The van der Waals surface area contributed by atoms with Crippen molar-refractivity contribution in [2.45, 2.75) is 31.3 Å². The lowest BCUT2D eigenvalue weighted by Gasteiger charge is -2.42. The molecule has 0 spiro atoms. The predicted octanol–water partition coefficient (Wildman–Crippen LogP) is -2.05. The molecule has 1 aliphatic rings. The molecule has 7 nitrogen and oxygen atoms in total. The van der Waals surface area contributed by atoms with Gasteiger partial charge in [0.05, 0.1) is 18.4 Å². The highest BCUT2D eigenvalue weighted by Crippen LogP contribution is 2.34. The van der Waals surface area contributed by atoms with E-state index in [1.54, 1.807) is 11.8 Å². The fourth-order valence-corrected chi connectivity index (χ4v) is 2.31. The standard InChI is InChI=1S/C8H18NO6P/c1-5-7(11)8(12)6(10)4-9(5)2-3-16(13,14)15/h5-8,10-12H,2-4H2,1H3,(H2,13,14,15). The van der Waals surface area contributed by atoms with Gasteiger partial charge >= 0.3 is 7.60 Å². The molecule has 0 amide bonds. The van der Waals surface area contributed by atoms with Gasteiger partial charge in [-0.15, -0.1) is 0 Å². The maximum absolute atomic E-state index is 10.7. The highest BCUT2D eigenvalue weighted by Gasteiger charge is 2.39. The van der Waals surface area contributed by atoms with Gasteiger partial charge in [-0.25, -0.2) is 0 Å². The Balaban J connectivity index is 2.57. The van der Waals surface area contributed by atoms with E-state index in [2.05, 4.69) is 0 Å². The molecule has 5 N–H and O–H groups in total. The van der Waals surface area contributed by atoms with Crippen molar-refractivity contribution in [1.82, 2.24) is 4.90 Å². The fourth-order valence-electron chi connectivity index (χ4n) is 1.80. The molecule has 96 valence electrons. The molecule has 1 fully saturated rings. The zero-order valence-corrected chi connectivity index (χ0v) is 9.86. The zero-order valence-electron chi connectivity index (χ0n) is 8.97. The van der Waals surface area contributed by atoms with Crippen molar-refractivity contribution in [2.75, 3.05) is 19.3 Å². The molecular weight excluding hydrogens is 237 g/mol. The lowest BCUT2D eigenvalue weighted by Crippen LogP contribution is -2.60. The number of hydrogen-bond donors (Lipinski definition) is 5. The van der Waals surface area contributed by atoms with Crippen LogP contribution in [0.2, 0.25) is 0 Å². The Morgan fingerprint density at radius 1 is 1.25 bits per heavy atom. The van der Waals surface area contributed by atoms with Crippen molar-refractivity contribution >= 4 is 7.60 Å². The van der Waals surface area contributed by atoms with Gasteiger partial charge in [-0.2, -0.15) is 0 Å². The minimum atomic E-state index is -4.08. The Bertz CT molecular complexity index is 282. The summed E-state index contributed by atoms with van der Waals surface area (Å²) in [6.45, 7) is 1.81.